The molecule has 80 valence electrons. The van der Waals surface area contributed by atoms with Crippen LogP contribution in [0.1, 0.15) is 30.9 Å². The van der Waals surface area contributed by atoms with Crippen LogP contribution in [0.2, 0.25) is 0 Å². The molecule has 2 aromatic carbocycles. The van der Waals surface area contributed by atoms with Crippen LogP contribution in [0.15, 0.2) is 42.5 Å². The third-order valence-corrected chi connectivity index (χ3v) is 3.55. The predicted molar refractivity (Wildman–Crippen MR) is 70.5 cm³/mol. The van der Waals surface area contributed by atoms with Crippen molar-refractivity contribution in [1.29, 1.82) is 0 Å². The fourth-order valence-corrected chi connectivity index (χ4v) is 2.74. The second kappa shape index (κ2) is 3.79. The van der Waals surface area contributed by atoms with Crippen molar-refractivity contribution in [3.05, 3.63) is 53.6 Å². The van der Waals surface area contributed by atoms with Gasteiger partial charge in [-0.25, -0.2) is 0 Å². The molecule has 0 N–H and O–H groups in total. The van der Waals surface area contributed by atoms with Gasteiger partial charge >= 0.3 is 0 Å². The zero-order valence-electron chi connectivity index (χ0n) is 9.66. The van der Waals surface area contributed by atoms with Gasteiger partial charge in [-0.2, -0.15) is 0 Å². The Bertz CT molecular complexity index is 561. The van der Waals surface area contributed by atoms with Crippen molar-refractivity contribution in [3.63, 3.8) is 0 Å². The van der Waals surface area contributed by atoms with Gasteiger partial charge in [0.25, 0.3) is 0 Å². The van der Waals surface area contributed by atoms with E-state index in [4.69, 9.17) is 0 Å². The van der Waals surface area contributed by atoms with Crippen molar-refractivity contribution in [1.82, 2.24) is 0 Å². The van der Waals surface area contributed by atoms with Gasteiger partial charge in [0.05, 0.1) is 0 Å². The largest absolute Gasteiger partial charge is 0.0804 e. The third kappa shape index (κ3) is 1.37. The summed E-state index contributed by atoms with van der Waals surface area (Å²) < 4.78 is 0. The van der Waals surface area contributed by atoms with Crippen LogP contribution in [-0.2, 0) is 6.42 Å². The molecule has 2 aromatic rings. The highest BCUT2D eigenvalue weighted by Crippen LogP contribution is 2.33. The first-order chi connectivity index (χ1) is 7.90. The van der Waals surface area contributed by atoms with Crippen molar-refractivity contribution in [2.75, 3.05) is 0 Å². The fraction of sp³-hybridized carbons (Fsp3) is 0.250. The van der Waals surface area contributed by atoms with Gasteiger partial charge in [0.1, 0.15) is 0 Å². The molecule has 0 atom stereocenters. The van der Waals surface area contributed by atoms with Gasteiger partial charge in [0.2, 0.25) is 0 Å². The number of hydrogen-bond acceptors (Lipinski definition) is 0. The summed E-state index contributed by atoms with van der Waals surface area (Å²) >= 11 is 0. The highest BCUT2D eigenvalue weighted by molar-refractivity contribution is 5.91. The minimum atomic E-state index is 1.14. The summed E-state index contributed by atoms with van der Waals surface area (Å²) in [5, 5.41) is 2.82. The topological polar surface area (TPSA) is 0 Å². The molecule has 0 amide bonds. The standard InChI is InChI=1S/C16H16/c1-2-12-7-5-9-16-14-8-4-3-6-13(14)10-11-15(12)16/h3-4,6-8,10-11H,2,5,9H2,1H3. The zero-order valence-corrected chi connectivity index (χ0v) is 9.66. The molecule has 0 spiro atoms. The van der Waals surface area contributed by atoms with Crippen molar-refractivity contribution < 1.29 is 0 Å². The van der Waals surface area contributed by atoms with Crippen molar-refractivity contribution in [3.8, 4) is 0 Å². The average molecular weight is 208 g/mol. The van der Waals surface area contributed by atoms with Gasteiger partial charge in [0.15, 0.2) is 0 Å². The number of rotatable bonds is 1. The van der Waals surface area contributed by atoms with Crippen LogP contribution < -0.4 is 0 Å². The Hall–Kier alpha value is -1.56. The Morgan fingerprint density at radius 3 is 2.81 bits per heavy atom. The van der Waals surface area contributed by atoms with Gasteiger partial charge in [0, 0.05) is 0 Å². The molecule has 0 nitrogen and oxygen atoms in total. The SMILES string of the molecule is CCC1=CCCc2c1ccc1ccccc21. The van der Waals surface area contributed by atoms with Crippen LogP contribution in [0.25, 0.3) is 16.3 Å². The first-order valence-corrected chi connectivity index (χ1v) is 6.10. The molecule has 0 heteroatoms. The Balaban J connectivity index is 2.32. The minimum Gasteiger partial charge on any atom is -0.0804 e. The van der Waals surface area contributed by atoms with Crippen LogP contribution >= 0.6 is 0 Å². The first-order valence-electron chi connectivity index (χ1n) is 6.10. The summed E-state index contributed by atoms with van der Waals surface area (Å²) in [6.45, 7) is 2.25. The Morgan fingerprint density at radius 1 is 1.06 bits per heavy atom. The monoisotopic (exact) mass is 208 g/mol. The average Bonchev–Trinajstić information content (AvgIpc) is 2.37. The van der Waals surface area contributed by atoms with Crippen LogP contribution in [0.3, 0.4) is 0 Å². The summed E-state index contributed by atoms with van der Waals surface area (Å²) in [6, 6.07) is 13.3. The Morgan fingerprint density at radius 2 is 1.94 bits per heavy atom. The molecule has 0 bridgehead atoms. The van der Waals surface area contributed by atoms with Crippen LogP contribution in [0.4, 0.5) is 0 Å². The van der Waals surface area contributed by atoms with Gasteiger partial charge in [-0.1, -0.05) is 49.4 Å². The van der Waals surface area contributed by atoms with E-state index < -0.39 is 0 Å². The quantitative estimate of drug-likeness (QED) is 0.643. The molecule has 0 saturated heterocycles. The van der Waals surface area contributed by atoms with Crippen LogP contribution in [0, 0.1) is 0 Å². The lowest BCUT2D eigenvalue weighted by Crippen LogP contribution is -2.00. The Labute approximate surface area is 96.6 Å². The lowest BCUT2D eigenvalue weighted by atomic mass is 9.86. The molecular formula is C16H16. The number of aryl methyl sites for hydroxylation is 1. The van der Waals surface area contributed by atoms with E-state index in [2.05, 4.69) is 49.4 Å². The van der Waals surface area contributed by atoms with Gasteiger partial charge in [-0.3, -0.25) is 0 Å². The highest BCUT2D eigenvalue weighted by Gasteiger charge is 2.13. The highest BCUT2D eigenvalue weighted by atomic mass is 14.2. The van der Waals surface area contributed by atoms with E-state index >= 15 is 0 Å². The Kier molecular flexibility index (Phi) is 2.28. The second-order valence-corrected chi connectivity index (χ2v) is 4.43. The molecule has 0 radical (unpaired) electrons. The third-order valence-electron chi connectivity index (χ3n) is 3.55. The smallest absolute Gasteiger partial charge is 0.0146 e. The molecule has 0 aliphatic heterocycles. The molecular weight excluding hydrogens is 192 g/mol. The number of fused-ring (bicyclic) bond motifs is 3. The molecule has 1 aliphatic carbocycles. The van der Waals surface area contributed by atoms with E-state index in [9.17, 15) is 0 Å². The lowest BCUT2D eigenvalue weighted by Gasteiger charge is -2.19. The maximum atomic E-state index is 2.40. The molecule has 3 rings (SSSR count). The van der Waals surface area contributed by atoms with Crippen LogP contribution in [0.5, 0.6) is 0 Å². The van der Waals surface area contributed by atoms with E-state index in [1.54, 1.807) is 5.56 Å². The van der Waals surface area contributed by atoms with Crippen LogP contribution in [-0.4, -0.2) is 0 Å². The maximum Gasteiger partial charge on any atom is -0.0146 e. The van der Waals surface area contributed by atoms with E-state index in [-0.39, 0.29) is 0 Å². The van der Waals surface area contributed by atoms with Crippen molar-refractivity contribution >= 4 is 16.3 Å². The molecule has 16 heavy (non-hydrogen) atoms. The van der Waals surface area contributed by atoms with E-state index in [1.807, 2.05) is 0 Å². The number of hydrogen-bond donors (Lipinski definition) is 0. The van der Waals surface area contributed by atoms with E-state index in [1.165, 1.54) is 34.8 Å². The molecule has 1 aliphatic rings. The normalized spacial score (nSPS) is 14.7. The predicted octanol–water partition coefficient (Wildman–Crippen LogP) is 4.58. The molecule has 0 unspecified atom stereocenters. The summed E-state index contributed by atoms with van der Waals surface area (Å²) in [7, 11) is 0. The molecule has 0 heterocycles. The molecule has 0 aromatic heterocycles. The van der Waals surface area contributed by atoms with Crippen molar-refractivity contribution in [2.45, 2.75) is 26.2 Å². The number of benzene rings is 2. The van der Waals surface area contributed by atoms with Crippen molar-refractivity contribution in [2.24, 2.45) is 0 Å². The first kappa shape index (κ1) is 9.65. The van der Waals surface area contributed by atoms with Gasteiger partial charge in [-0.15, -0.1) is 0 Å². The molecule has 0 saturated carbocycles. The lowest BCUT2D eigenvalue weighted by molar-refractivity contribution is 0.974. The van der Waals surface area contributed by atoms with Gasteiger partial charge in [-0.05, 0) is 46.7 Å². The fourth-order valence-electron chi connectivity index (χ4n) is 2.74. The summed E-state index contributed by atoms with van der Waals surface area (Å²) in [5.74, 6) is 0. The molecule has 0 fully saturated rings. The summed E-state index contributed by atoms with van der Waals surface area (Å²) in [5.41, 5.74) is 4.55. The van der Waals surface area contributed by atoms with Gasteiger partial charge < -0.3 is 0 Å². The zero-order chi connectivity index (χ0) is 11.0. The second-order valence-electron chi connectivity index (χ2n) is 4.43. The minimum absolute atomic E-state index is 1.14. The van der Waals surface area contributed by atoms with E-state index in [0.29, 0.717) is 0 Å². The maximum absolute atomic E-state index is 2.40. The van der Waals surface area contributed by atoms with E-state index in [0.717, 1.165) is 6.42 Å². The number of allylic oxidation sites excluding steroid dienone is 2. The summed E-state index contributed by atoms with van der Waals surface area (Å²) in [4.78, 5) is 0. The summed E-state index contributed by atoms with van der Waals surface area (Å²) in [6.07, 6.45) is 5.94.